The molecule has 1 aliphatic rings. The first-order valence-corrected chi connectivity index (χ1v) is 9.67. The molecule has 3 aromatic rings. The first-order valence-electron chi connectivity index (χ1n) is 9.29. The number of anilines is 2. The van der Waals surface area contributed by atoms with Gasteiger partial charge in [-0.1, -0.05) is 29.8 Å². The van der Waals surface area contributed by atoms with Crippen molar-refractivity contribution in [2.24, 2.45) is 0 Å². The molecule has 2 amide bonds. The number of halogens is 2. The molecule has 0 unspecified atom stereocenters. The number of carbonyl (C=O) groups is 2. The fourth-order valence-corrected chi connectivity index (χ4v) is 3.67. The van der Waals surface area contributed by atoms with Crippen molar-refractivity contribution in [1.29, 1.82) is 0 Å². The maximum Gasteiger partial charge on any atom is 0.258 e. The van der Waals surface area contributed by atoms with Crippen LogP contribution in [0.4, 0.5) is 15.8 Å². The van der Waals surface area contributed by atoms with E-state index in [4.69, 9.17) is 11.6 Å². The summed E-state index contributed by atoms with van der Waals surface area (Å²) >= 11 is 6.02. The fraction of sp³-hybridized carbons (Fsp3) is 0.130. The topological polar surface area (TPSA) is 49.4 Å². The highest BCUT2D eigenvalue weighted by Gasteiger charge is 2.24. The van der Waals surface area contributed by atoms with E-state index < -0.39 is 11.7 Å². The lowest BCUT2D eigenvalue weighted by Crippen LogP contribution is -2.35. The largest absolute Gasteiger partial charge is 0.319 e. The van der Waals surface area contributed by atoms with Gasteiger partial charge >= 0.3 is 0 Å². The Kier molecular flexibility index (Phi) is 5.32. The van der Waals surface area contributed by atoms with Gasteiger partial charge < -0.3 is 10.2 Å². The minimum Gasteiger partial charge on any atom is -0.319 e. The van der Waals surface area contributed by atoms with Crippen LogP contribution in [0, 0.1) is 5.82 Å². The zero-order valence-corrected chi connectivity index (χ0v) is 16.2. The second-order valence-corrected chi connectivity index (χ2v) is 7.28. The first-order chi connectivity index (χ1) is 14.0. The quantitative estimate of drug-likeness (QED) is 0.637. The summed E-state index contributed by atoms with van der Waals surface area (Å²) in [4.78, 5) is 27.2. The molecule has 0 spiro atoms. The molecule has 0 aliphatic carbocycles. The van der Waals surface area contributed by atoms with Gasteiger partial charge in [-0.05, 0) is 66.9 Å². The van der Waals surface area contributed by atoms with Crippen LogP contribution in [0.1, 0.15) is 32.7 Å². The summed E-state index contributed by atoms with van der Waals surface area (Å²) in [7, 11) is 0. The third-order valence-corrected chi connectivity index (χ3v) is 5.13. The summed E-state index contributed by atoms with van der Waals surface area (Å²) < 4.78 is 13.8. The number of rotatable bonds is 3. The predicted molar refractivity (Wildman–Crippen MR) is 112 cm³/mol. The van der Waals surface area contributed by atoms with E-state index in [0.717, 1.165) is 24.1 Å². The van der Waals surface area contributed by atoms with Crippen LogP contribution in [-0.2, 0) is 6.42 Å². The fourth-order valence-electron chi connectivity index (χ4n) is 3.48. The van der Waals surface area contributed by atoms with Crippen LogP contribution in [-0.4, -0.2) is 18.4 Å². The molecule has 0 radical (unpaired) electrons. The number of para-hydroxylation sites is 1. The molecule has 1 aliphatic heterocycles. The Bertz CT molecular complexity index is 1100. The lowest BCUT2D eigenvalue weighted by molar-refractivity contribution is 0.0984. The van der Waals surface area contributed by atoms with Crippen molar-refractivity contribution in [1.82, 2.24) is 0 Å². The molecule has 1 N–H and O–H groups in total. The molecular weight excluding hydrogens is 391 g/mol. The van der Waals surface area contributed by atoms with Crippen molar-refractivity contribution in [2.45, 2.75) is 12.8 Å². The molecule has 1 heterocycles. The molecule has 6 heteroatoms. The molecule has 29 heavy (non-hydrogen) atoms. The van der Waals surface area contributed by atoms with Gasteiger partial charge in [-0.2, -0.15) is 0 Å². The summed E-state index contributed by atoms with van der Waals surface area (Å²) in [6.07, 6.45) is 1.55. The summed E-state index contributed by atoms with van der Waals surface area (Å²) in [6, 6.07) is 18.1. The van der Waals surface area contributed by atoms with Crippen LogP contribution in [0.2, 0.25) is 5.02 Å². The number of nitrogens with one attached hydrogen (secondary N) is 1. The van der Waals surface area contributed by atoms with Crippen LogP contribution in [0.5, 0.6) is 0 Å². The number of nitrogens with zero attached hydrogens (tertiary/aromatic N) is 1. The van der Waals surface area contributed by atoms with Crippen molar-refractivity contribution in [3.05, 3.63) is 94.3 Å². The van der Waals surface area contributed by atoms with E-state index in [2.05, 4.69) is 5.32 Å². The average Bonchev–Trinajstić information content (AvgIpc) is 2.74. The van der Waals surface area contributed by atoms with Crippen LogP contribution < -0.4 is 10.2 Å². The van der Waals surface area contributed by atoms with E-state index in [1.165, 1.54) is 12.1 Å². The molecule has 146 valence electrons. The van der Waals surface area contributed by atoms with Crippen molar-refractivity contribution in [2.75, 3.05) is 16.8 Å². The number of aryl methyl sites for hydroxylation is 1. The Morgan fingerprint density at radius 2 is 1.79 bits per heavy atom. The molecule has 0 fully saturated rings. The van der Waals surface area contributed by atoms with Gasteiger partial charge in [0.25, 0.3) is 11.8 Å². The van der Waals surface area contributed by atoms with Gasteiger partial charge in [0.1, 0.15) is 5.82 Å². The Hall–Kier alpha value is -3.18. The summed E-state index contributed by atoms with van der Waals surface area (Å²) in [5.41, 5.74) is 2.76. The molecule has 0 saturated heterocycles. The highest BCUT2D eigenvalue weighted by molar-refractivity contribution is 6.31. The van der Waals surface area contributed by atoms with Crippen molar-refractivity contribution < 1.29 is 14.0 Å². The van der Waals surface area contributed by atoms with Crippen LogP contribution >= 0.6 is 11.6 Å². The Morgan fingerprint density at radius 3 is 2.59 bits per heavy atom. The van der Waals surface area contributed by atoms with E-state index in [9.17, 15) is 14.0 Å². The minimum absolute atomic E-state index is 0.128. The van der Waals surface area contributed by atoms with E-state index >= 15 is 0 Å². The minimum atomic E-state index is -0.489. The standard InChI is InChI=1S/C23H18ClFN2O2/c24-18-7-3-5-17(14-18)23(29)27-12-4-6-15-13-16(10-11-21(15)27)22(28)26-20-9-2-1-8-19(20)25/h1-3,5,7-11,13-14H,4,6,12H2,(H,26,28). The molecule has 4 nitrogen and oxygen atoms in total. The van der Waals surface area contributed by atoms with Crippen LogP contribution in [0.3, 0.4) is 0 Å². The monoisotopic (exact) mass is 408 g/mol. The number of fused-ring (bicyclic) bond motifs is 1. The van der Waals surface area contributed by atoms with Gasteiger partial charge in [0, 0.05) is 28.4 Å². The summed E-state index contributed by atoms with van der Waals surface area (Å²) in [5.74, 6) is -1.01. The van der Waals surface area contributed by atoms with Crippen molar-refractivity contribution >= 4 is 34.8 Å². The Balaban J connectivity index is 1.59. The SMILES string of the molecule is O=C(Nc1ccccc1F)c1ccc2c(c1)CCCN2C(=O)c1cccc(Cl)c1. The second-order valence-electron chi connectivity index (χ2n) is 6.85. The summed E-state index contributed by atoms with van der Waals surface area (Å²) in [5, 5.41) is 3.10. The third-order valence-electron chi connectivity index (χ3n) is 4.90. The van der Waals surface area contributed by atoms with Crippen molar-refractivity contribution in [3.8, 4) is 0 Å². The van der Waals surface area contributed by atoms with Gasteiger partial charge in [0.05, 0.1) is 5.69 Å². The van der Waals surface area contributed by atoms with Gasteiger partial charge in [-0.25, -0.2) is 4.39 Å². The van der Waals surface area contributed by atoms with Crippen LogP contribution in [0.15, 0.2) is 66.7 Å². The number of carbonyl (C=O) groups excluding carboxylic acids is 2. The number of hydrogen-bond donors (Lipinski definition) is 1. The second kappa shape index (κ2) is 8.05. The third kappa shape index (κ3) is 4.00. The number of amides is 2. The zero-order chi connectivity index (χ0) is 20.4. The predicted octanol–water partition coefficient (Wildman–Crippen LogP) is 5.32. The Morgan fingerprint density at radius 1 is 0.966 bits per heavy atom. The average molecular weight is 409 g/mol. The number of benzene rings is 3. The highest BCUT2D eigenvalue weighted by atomic mass is 35.5. The molecule has 4 rings (SSSR count). The normalized spacial score (nSPS) is 13.0. The Labute approximate surface area is 172 Å². The van der Waals surface area contributed by atoms with E-state index in [-0.39, 0.29) is 11.6 Å². The molecule has 0 saturated carbocycles. The zero-order valence-electron chi connectivity index (χ0n) is 15.5. The molecule has 0 aromatic heterocycles. The maximum absolute atomic E-state index is 13.8. The van der Waals surface area contributed by atoms with Gasteiger partial charge in [0.2, 0.25) is 0 Å². The van der Waals surface area contributed by atoms with Gasteiger partial charge in [0.15, 0.2) is 0 Å². The van der Waals surface area contributed by atoms with Gasteiger partial charge in [-0.15, -0.1) is 0 Å². The van der Waals surface area contributed by atoms with Gasteiger partial charge in [-0.3, -0.25) is 9.59 Å². The molecule has 3 aromatic carbocycles. The van der Waals surface area contributed by atoms with Crippen molar-refractivity contribution in [3.63, 3.8) is 0 Å². The van der Waals surface area contributed by atoms with E-state index in [1.807, 2.05) is 0 Å². The van der Waals surface area contributed by atoms with E-state index in [1.54, 1.807) is 59.5 Å². The summed E-state index contributed by atoms with van der Waals surface area (Å²) in [6.45, 7) is 0.596. The molecule has 0 bridgehead atoms. The van der Waals surface area contributed by atoms with E-state index in [0.29, 0.717) is 22.7 Å². The number of hydrogen-bond acceptors (Lipinski definition) is 2. The molecule has 0 atom stereocenters. The lowest BCUT2D eigenvalue weighted by Gasteiger charge is -2.30. The highest BCUT2D eigenvalue weighted by Crippen LogP contribution is 2.30. The maximum atomic E-state index is 13.8. The first kappa shape index (κ1) is 19.2. The lowest BCUT2D eigenvalue weighted by atomic mass is 9.98. The smallest absolute Gasteiger partial charge is 0.258 e. The molecular formula is C23H18ClFN2O2. The van der Waals surface area contributed by atoms with Crippen LogP contribution in [0.25, 0.3) is 0 Å².